The Morgan fingerprint density at radius 2 is 1.55 bits per heavy atom. The van der Waals surface area contributed by atoms with Crippen molar-refractivity contribution in [2.45, 2.75) is 38.5 Å². The third-order valence-corrected chi connectivity index (χ3v) is 10.7. The lowest BCUT2D eigenvalue weighted by Gasteiger charge is -2.35. The van der Waals surface area contributed by atoms with Gasteiger partial charge in [-0.25, -0.2) is 21.1 Å². The molecule has 0 spiro atoms. The molecule has 1 N–H and O–H groups in total. The van der Waals surface area contributed by atoms with E-state index >= 15 is 0 Å². The number of piperidine rings is 2. The Hall–Kier alpha value is -1.89. The van der Waals surface area contributed by atoms with Crippen molar-refractivity contribution in [1.29, 1.82) is 0 Å². The zero-order chi connectivity index (χ0) is 30.5. The molecule has 13 heteroatoms. The number of likely N-dealkylation sites (tertiary alicyclic amines) is 1. The molecule has 2 heterocycles. The number of carbonyl (C=O) groups is 1. The molecule has 2 aliphatic heterocycles. The van der Waals surface area contributed by atoms with Gasteiger partial charge in [-0.15, -0.1) is 0 Å². The van der Waals surface area contributed by atoms with Crippen molar-refractivity contribution in [2.75, 3.05) is 61.4 Å². The van der Waals surface area contributed by atoms with E-state index in [1.165, 1.54) is 16.1 Å². The molecule has 2 fully saturated rings. The van der Waals surface area contributed by atoms with Crippen molar-refractivity contribution in [3.8, 4) is 0 Å². The molecule has 42 heavy (non-hydrogen) atoms. The normalized spacial score (nSPS) is 18.2. The maximum atomic E-state index is 13.7. The van der Waals surface area contributed by atoms with E-state index in [0.717, 1.165) is 51.6 Å². The fourth-order valence-electron chi connectivity index (χ4n) is 5.80. The van der Waals surface area contributed by atoms with E-state index in [9.17, 15) is 21.6 Å². The summed E-state index contributed by atoms with van der Waals surface area (Å²) < 4.78 is 50.6. The van der Waals surface area contributed by atoms with Crippen LogP contribution in [0.25, 0.3) is 0 Å². The first-order valence-corrected chi connectivity index (χ1v) is 18.8. The Bertz CT molecular complexity index is 1440. The van der Waals surface area contributed by atoms with E-state index in [4.69, 9.17) is 23.2 Å². The van der Waals surface area contributed by atoms with Crippen LogP contribution in [0.2, 0.25) is 10.0 Å². The van der Waals surface area contributed by atoms with Crippen molar-refractivity contribution in [3.05, 3.63) is 58.1 Å². The molecule has 0 radical (unpaired) electrons. The van der Waals surface area contributed by atoms with Gasteiger partial charge in [0.05, 0.1) is 22.6 Å². The first-order chi connectivity index (χ1) is 19.8. The SMILES string of the molecule is CS(=O)(=O)Nc1ccc(CC2CCN(CCCN(C(=O)C3CCN(S(C)(=O)=O)CC3)c3ccc(Cl)c(Cl)c3)CC2)cc1. The molecule has 0 saturated carbocycles. The average molecular weight is 660 g/mol. The van der Waals surface area contributed by atoms with Gasteiger partial charge in [-0.3, -0.25) is 9.52 Å². The van der Waals surface area contributed by atoms with Gasteiger partial charge < -0.3 is 9.80 Å². The Morgan fingerprint density at radius 3 is 2.12 bits per heavy atom. The zero-order valence-corrected chi connectivity index (χ0v) is 27.3. The Kier molecular flexibility index (Phi) is 11.2. The number of rotatable bonds is 11. The van der Waals surface area contributed by atoms with Crippen LogP contribution in [-0.2, 0) is 31.3 Å². The summed E-state index contributed by atoms with van der Waals surface area (Å²) in [6.45, 7) is 4.08. The number of benzene rings is 2. The summed E-state index contributed by atoms with van der Waals surface area (Å²) in [6, 6.07) is 12.8. The molecule has 2 saturated heterocycles. The largest absolute Gasteiger partial charge is 0.312 e. The highest BCUT2D eigenvalue weighted by atomic mass is 35.5. The van der Waals surface area contributed by atoms with Crippen LogP contribution < -0.4 is 9.62 Å². The summed E-state index contributed by atoms with van der Waals surface area (Å²) in [6.07, 6.45) is 7.26. The number of halogens is 2. The van der Waals surface area contributed by atoms with Gasteiger partial charge in [0.25, 0.3) is 0 Å². The number of hydrogen-bond donors (Lipinski definition) is 1. The van der Waals surface area contributed by atoms with Crippen LogP contribution in [0.4, 0.5) is 11.4 Å². The van der Waals surface area contributed by atoms with Gasteiger partial charge in [0, 0.05) is 36.9 Å². The summed E-state index contributed by atoms with van der Waals surface area (Å²) in [5.41, 5.74) is 2.48. The minimum absolute atomic E-state index is 0.00185. The summed E-state index contributed by atoms with van der Waals surface area (Å²) >= 11 is 12.4. The second-order valence-corrected chi connectivity index (χ2v) is 16.0. The lowest BCUT2D eigenvalue weighted by molar-refractivity contribution is -0.123. The summed E-state index contributed by atoms with van der Waals surface area (Å²) in [4.78, 5) is 17.9. The second-order valence-electron chi connectivity index (χ2n) is 11.4. The molecule has 2 aromatic rings. The van der Waals surface area contributed by atoms with E-state index in [0.29, 0.717) is 59.8 Å². The van der Waals surface area contributed by atoms with Crippen molar-refractivity contribution in [3.63, 3.8) is 0 Å². The van der Waals surface area contributed by atoms with E-state index in [1.54, 1.807) is 29.2 Å². The monoisotopic (exact) mass is 658 g/mol. The van der Waals surface area contributed by atoms with Gasteiger partial charge in [-0.05, 0) is 100.0 Å². The molecule has 0 bridgehead atoms. The average Bonchev–Trinajstić information content (AvgIpc) is 2.93. The van der Waals surface area contributed by atoms with Crippen LogP contribution in [0.5, 0.6) is 0 Å². The second kappa shape index (κ2) is 14.3. The number of anilines is 2. The van der Waals surface area contributed by atoms with Crippen LogP contribution in [0.1, 0.15) is 37.7 Å². The van der Waals surface area contributed by atoms with Gasteiger partial charge in [0.2, 0.25) is 26.0 Å². The summed E-state index contributed by atoms with van der Waals surface area (Å²) in [5.74, 6) is 0.324. The molecule has 9 nitrogen and oxygen atoms in total. The highest BCUT2D eigenvalue weighted by Gasteiger charge is 2.32. The minimum atomic E-state index is -3.28. The number of amides is 1. The molecule has 0 aromatic heterocycles. The number of carbonyl (C=O) groups excluding carboxylic acids is 1. The Morgan fingerprint density at radius 1 is 0.905 bits per heavy atom. The predicted octanol–water partition coefficient (Wildman–Crippen LogP) is 4.71. The molecule has 0 atom stereocenters. The quantitative estimate of drug-likeness (QED) is 0.375. The fourth-order valence-corrected chi connectivity index (χ4v) is 7.53. The van der Waals surface area contributed by atoms with Crippen molar-refractivity contribution >= 4 is 60.5 Å². The van der Waals surface area contributed by atoms with E-state index in [1.807, 2.05) is 18.2 Å². The predicted molar refractivity (Wildman–Crippen MR) is 170 cm³/mol. The summed E-state index contributed by atoms with van der Waals surface area (Å²) in [5, 5.41) is 0.820. The number of sulfonamides is 2. The fraction of sp³-hybridized carbons (Fsp3) is 0.552. The smallest absolute Gasteiger partial charge is 0.230 e. The van der Waals surface area contributed by atoms with Crippen LogP contribution in [0.3, 0.4) is 0 Å². The minimum Gasteiger partial charge on any atom is -0.312 e. The topological polar surface area (TPSA) is 107 Å². The first kappa shape index (κ1) is 33.0. The highest BCUT2D eigenvalue weighted by molar-refractivity contribution is 7.92. The van der Waals surface area contributed by atoms with Gasteiger partial charge in [-0.1, -0.05) is 35.3 Å². The van der Waals surface area contributed by atoms with Crippen LogP contribution in [0.15, 0.2) is 42.5 Å². The molecule has 0 unspecified atom stereocenters. The molecule has 2 aromatic carbocycles. The highest BCUT2D eigenvalue weighted by Crippen LogP contribution is 2.30. The third-order valence-electron chi connectivity index (χ3n) is 8.10. The van der Waals surface area contributed by atoms with Crippen LogP contribution in [-0.4, -0.2) is 83.7 Å². The summed E-state index contributed by atoms with van der Waals surface area (Å²) in [7, 11) is -6.55. The Labute approximate surface area is 260 Å². The standard InChI is InChI=1S/C29H40Cl2N4O5S2/c1-41(37,38)32-25-6-4-22(5-7-25)20-23-10-16-33(17-11-23)14-3-15-35(26-8-9-27(30)28(31)21-26)29(36)24-12-18-34(19-13-24)42(2,39)40/h4-9,21,23-24,32H,3,10-20H2,1-2H3. The van der Waals surface area contributed by atoms with Crippen molar-refractivity contribution in [1.82, 2.24) is 9.21 Å². The van der Waals surface area contributed by atoms with Crippen molar-refractivity contribution < 1.29 is 21.6 Å². The van der Waals surface area contributed by atoms with E-state index in [-0.39, 0.29) is 11.8 Å². The molecule has 232 valence electrons. The third kappa shape index (κ3) is 9.56. The molecule has 2 aliphatic rings. The van der Waals surface area contributed by atoms with E-state index in [2.05, 4.69) is 9.62 Å². The van der Waals surface area contributed by atoms with E-state index < -0.39 is 20.0 Å². The maximum absolute atomic E-state index is 13.7. The lowest BCUT2D eigenvalue weighted by Crippen LogP contribution is -2.45. The van der Waals surface area contributed by atoms with Gasteiger partial charge in [0.1, 0.15) is 0 Å². The molecule has 1 amide bonds. The van der Waals surface area contributed by atoms with Gasteiger partial charge >= 0.3 is 0 Å². The van der Waals surface area contributed by atoms with Crippen LogP contribution in [0, 0.1) is 11.8 Å². The van der Waals surface area contributed by atoms with Gasteiger partial charge in [-0.2, -0.15) is 0 Å². The number of nitrogens with one attached hydrogen (secondary N) is 1. The number of hydrogen-bond acceptors (Lipinski definition) is 6. The first-order valence-electron chi connectivity index (χ1n) is 14.3. The molecule has 4 rings (SSSR count). The van der Waals surface area contributed by atoms with Crippen molar-refractivity contribution in [2.24, 2.45) is 11.8 Å². The van der Waals surface area contributed by atoms with Crippen LogP contribution >= 0.6 is 23.2 Å². The maximum Gasteiger partial charge on any atom is 0.230 e. The lowest BCUT2D eigenvalue weighted by atomic mass is 9.90. The molecular weight excluding hydrogens is 619 g/mol. The van der Waals surface area contributed by atoms with Gasteiger partial charge in [0.15, 0.2) is 0 Å². The number of nitrogens with zero attached hydrogens (tertiary/aromatic N) is 3. The molecular formula is C29H40Cl2N4O5S2. The Balaban J connectivity index is 1.29. The zero-order valence-electron chi connectivity index (χ0n) is 24.1. The molecule has 0 aliphatic carbocycles.